The molecule has 10 heteroatoms. The average molecular weight is 407 g/mol. The van der Waals surface area contributed by atoms with Crippen LogP contribution in [0.4, 0.5) is 10.5 Å². The first kappa shape index (κ1) is 20.0. The lowest BCUT2D eigenvalue weighted by molar-refractivity contribution is -0.136. The maximum Gasteiger partial charge on any atom is 0.409 e. The summed E-state index contributed by atoms with van der Waals surface area (Å²) in [5.41, 5.74) is 0.832. The number of piperazine rings is 1. The third kappa shape index (κ3) is 4.75. The summed E-state index contributed by atoms with van der Waals surface area (Å²) >= 11 is 1.40. The van der Waals surface area contributed by atoms with Crippen LogP contribution in [-0.2, 0) is 19.1 Å². The van der Waals surface area contributed by atoms with E-state index in [2.05, 4.69) is 5.32 Å². The molecule has 1 N–H and O–H groups in total. The number of carbonyl (C=O) groups excluding carboxylic acids is 4. The molecule has 3 rings (SSSR count). The van der Waals surface area contributed by atoms with E-state index in [1.54, 1.807) is 34.9 Å². The van der Waals surface area contributed by atoms with Gasteiger partial charge in [0.25, 0.3) is 5.91 Å². The third-order valence-corrected chi connectivity index (χ3v) is 5.41. The number of ether oxygens (including phenoxy) is 2. The lowest BCUT2D eigenvalue weighted by Gasteiger charge is -2.33. The van der Waals surface area contributed by atoms with E-state index in [1.165, 1.54) is 11.8 Å². The molecule has 1 saturated heterocycles. The molecule has 9 nitrogen and oxygen atoms in total. The van der Waals surface area contributed by atoms with Gasteiger partial charge in [-0.25, -0.2) is 9.59 Å². The Bertz CT molecular complexity index is 792. The maximum atomic E-state index is 12.3. The van der Waals surface area contributed by atoms with E-state index < -0.39 is 12.1 Å². The van der Waals surface area contributed by atoms with Gasteiger partial charge in [-0.3, -0.25) is 9.59 Å². The molecule has 0 radical (unpaired) electrons. The minimum absolute atomic E-state index is 0.125. The van der Waals surface area contributed by atoms with Crippen molar-refractivity contribution in [3.05, 3.63) is 23.8 Å². The highest BCUT2D eigenvalue weighted by molar-refractivity contribution is 8.00. The van der Waals surface area contributed by atoms with Gasteiger partial charge in [-0.1, -0.05) is 0 Å². The molecule has 0 bridgehead atoms. The Morgan fingerprint density at radius 2 is 1.82 bits per heavy atom. The summed E-state index contributed by atoms with van der Waals surface area (Å²) in [6.45, 7) is 3.13. The van der Waals surface area contributed by atoms with Gasteiger partial charge >= 0.3 is 12.1 Å². The molecule has 2 heterocycles. The predicted molar refractivity (Wildman–Crippen MR) is 101 cm³/mol. The molecule has 150 valence electrons. The summed E-state index contributed by atoms with van der Waals surface area (Å²) in [5, 5.41) is 2.71. The van der Waals surface area contributed by atoms with Gasteiger partial charge in [0.1, 0.15) is 0 Å². The summed E-state index contributed by atoms with van der Waals surface area (Å²) in [5.74, 6) is -0.737. The van der Waals surface area contributed by atoms with Crippen molar-refractivity contribution in [2.75, 3.05) is 50.5 Å². The molecule has 0 aliphatic carbocycles. The monoisotopic (exact) mass is 407 g/mol. The fraction of sp³-hybridized carbons (Fsp3) is 0.444. The first-order valence-corrected chi connectivity index (χ1v) is 9.89. The largest absolute Gasteiger partial charge is 0.452 e. The topological polar surface area (TPSA) is 105 Å². The molecule has 3 amide bonds. The Morgan fingerprint density at radius 1 is 1.11 bits per heavy atom. The number of hydrogen-bond donors (Lipinski definition) is 1. The Balaban J connectivity index is 1.48. The van der Waals surface area contributed by atoms with Crippen LogP contribution in [0.5, 0.6) is 0 Å². The van der Waals surface area contributed by atoms with Gasteiger partial charge in [-0.05, 0) is 25.1 Å². The second-order valence-electron chi connectivity index (χ2n) is 6.19. The van der Waals surface area contributed by atoms with Crippen LogP contribution < -0.4 is 5.32 Å². The number of benzene rings is 1. The Kier molecular flexibility index (Phi) is 6.40. The zero-order valence-electron chi connectivity index (χ0n) is 15.4. The van der Waals surface area contributed by atoms with Gasteiger partial charge in [0.05, 0.1) is 23.6 Å². The van der Waals surface area contributed by atoms with E-state index in [0.717, 1.165) is 4.90 Å². The normalized spacial score (nSPS) is 16.1. The number of anilines is 1. The molecule has 0 saturated carbocycles. The number of fused-ring (bicyclic) bond motifs is 1. The smallest absolute Gasteiger partial charge is 0.409 e. The number of nitrogens with one attached hydrogen (secondary N) is 1. The summed E-state index contributed by atoms with van der Waals surface area (Å²) < 4.78 is 10.1. The molecule has 0 spiro atoms. The third-order valence-electron chi connectivity index (χ3n) is 4.33. The fourth-order valence-corrected chi connectivity index (χ4v) is 3.65. The van der Waals surface area contributed by atoms with E-state index in [-0.39, 0.29) is 24.0 Å². The summed E-state index contributed by atoms with van der Waals surface area (Å²) in [7, 11) is 0. The number of carbonyl (C=O) groups is 4. The molecule has 0 unspecified atom stereocenters. The number of hydrogen-bond acceptors (Lipinski definition) is 7. The van der Waals surface area contributed by atoms with E-state index in [0.29, 0.717) is 44.2 Å². The molecule has 1 aromatic carbocycles. The van der Waals surface area contributed by atoms with Crippen LogP contribution in [0.1, 0.15) is 17.3 Å². The Morgan fingerprint density at radius 3 is 2.54 bits per heavy atom. The molecule has 0 aromatic heterocycles. The minimum atomic E-state index is -0.633. The number of esters is 1. The molecular formula is C18H21N3O6S. The molecule has 28 heavy (non-hydrogen) atoms. The van der Waals surface area contributed by atoms with Crippen LogP contribution in [0.3, 0.4) is 0 Å². The van der Waals surface area contributed by atoms with Gasteiger partial charge < -0.3 is 24.6 Å². The molecule has 2 aliphatic heterocycles. The number of thioether (sulfide) groups is 1. The van der Waals surface area contributed by atoms with Crippen LogP contribution >= 0.6 is 11.8 Å². The zero-order valence-corrected chi connectivity index (χ0v) is 16.3. The standard InChI is InChI=1S/C18H21N3O6S/c1-2-26-18(25)21-7-5-20(6-8-21)16(23)10-27-17(24)12-3-4-14-13(9-12)19-15(22)11-28-14/h3-4,9H,2,5-8,10-11H2,1H3,(H,19,22). The molecule has 2 aliphatic rings. The Labute approximate surface area is 166 Å². The lowest BCUT2D eigenvalue weighted by Crippen LogP contribution is -2.51. The number of nitrogens with zero attached hydrogens (tertiary/aromatic N) is 2. The van der Waals surface area contributed by atoms with Gasteiger partial charge in [0, 0.05) is 31.1 Å². The van der Waals surface area contributed by atoms with Gasteiger partial charge in [0.2, 0.25) is 5.91 Å². The quantitative estimate of drug-likeness (QED) is 0.748. The van der Waals surface area contributed by atoms with E-state index >= 15 is 0 Å². The molecule has 1 fully saturated rings. The Hall–Kier alpha value is -2.75. The van der Waals surface area contributed by atoms with Crippen molar-refractivity contribution in [1.82, 2.24) is 9.80 Å². The van der Waals surface area contributed by atoms with E-state index in [4.69, 9.17) is 9.47 Å². The summed E-state index contributed by atoms with van der Waals surface area (Å²) in [4.78, 5) is 51.6. The first-order chi connectivity index (χ1) is 13.5. The summed E-state index contributed by atoms with van der Waals surface area (Å²) in [6, 6.07) is 4.89. The highest BCUT2D eigenvalue weighted by Crippen LogP contribution is 2.32. The van der Waals surface area contributed by atoms with Crippen molar-refractivity contribution in [2.45, 2.75) is 11.8 Å². The lowest BCUT2D eigenvalue weighted by atomic mass is 10.2. The predicted octanol–water partition coefficient (Wildman–Crippen LogP) is 1.19. The SMILES string of the molecule is CCOC(=O)N1CCN(C(=O)COC(=O)c2ccc3c(c2)NC(=O)CS3)CC1. The van der Waals surface area contributed by atoms with Gasteiger partial charge in [-0.2, -0.15) is 0 Å². The van der Waals surface area contributed by atoms with Crippen LogP contribution in [0.25, 0.3) is 0 Å². The minimum Gasteiger partial charge on any atom is -0.452 e. The van der Waals surface area contributed by atoms with Crippen LogP contribution in [-0.4, -0.2) is 78.8 Å². The van der Waals surface area contributed by atoms with E-state index in [9.17, 15) is 19.2 Å². The van der Waals surface area contributed by atoms with Crippen molar-refractivity contribution in [3.63, 3.8) is 0 Å². The second-order valence-corrected chi connectivity index (χ2v) is 7.21. The van der Waals surface area contributed by atoms with Crippen LogP contribution in [0.15, 0.2) is 23.1 Å². The number of amides is 3. The first-order valence-electron chi connectivity index (χ1n) is 8.91. The molecule has 1 aromatic rings. The number of rotatable bonds is 4. The zero-order chi connectivity index (χ0) is 20.1. The van der Waals surface area contributed by atoms with Crippen molar-refractivity contribution in [2.24, 2.45) is 0 Å². The fourth-order valence-electron chi connectivity index (χ4n) is 2.87. The molecular weight excluding hydrogens is 386 g/mol. The van der Waals surface area contributed by atoms with Crippen molar-refractivity contribution in [1.29, 1.82) is 0 Å². The van der Waals surface area contributed by atoms with E-state index in [1.807, 2.05) is 0 Å². The van der Waals surface area contributed by atoms with Crippen molar-refractivity contribution in [3.8, 4) is 0 Å². The second kappa shape index (κ2) is 8.96. The molecule has 0 atom stereocenters. The summed E-state index contributed by atoms with van der Waals surface area (Å²) in [6.07, 6.45) is -0.390. The van der Waals surface area contributed by atoms with Crippen molar-refractivity contribution < 1.29 is 28.7 Å². The van der Waals surface area contributed by atoms with Crippen molar-refractivity contribution >= 4 is 41.3 Å². The highest BCUT2D eigenvalue weighted by Gasteiger charge is 2.25. The average Bonchev–Trinajstić information content (AvgIpc) is 2.71. The maximum absolute atomic E-state index is 12.3. The van der Waals surface area contributed by atoms with Gasteiger partial charge in [0.15, 0.2) is 6.61 Å². The van der Waals surface area contributed by atoms with Crippen LogP contribution in [0.2, 0.25) is 0 Å². The highest BCUT2D eigenvalue weighted by atomic mass is 32.2. The van der Waals surface area contributed by atoms with Gasteiger partial charge in [-0.15, -0.1) is 11.8 Å². The van der Waals surface area contributed by atoms with Crippen LogP contribution in [0, 0.1) is 0 Å².